The second kappa shape index (κ2) is 8.71. The maximum Gasteiger partial charge on any atom is 0.251 e. The van der Waals surface area contributed by atoms with Crippen molar-refractivity contribution in [3.63, 3.8) is 0 Å². The maximum absolute atomic E-state index is 13.0. The molecule has 3 rings (SSSR count). The van der Waals surface area contributed by atoms with Crippen LogP contribution < -0.4 is 10.6 Å². The average molecular weight is 394 g/mol. The molecule has 0 spiro atoms. The van der Waals surface area contributed by atoms with Crippen molar-refractivity contribution in [2.24, 2.45) is 5.41 Å². The van der Waals surface area contributed by atoms with Crippen molar-refractivity contribution >= 4 is 15.9 Å². The van der Waals surface area contributed by atoms with Crippen LogP contribution in [0.4, 0.5) is 0 Å². The van der Waals surface area contributed by atoms with E-state index in [0.717, 1.165) is 51.6 Å². The molecular formula is C20H31N3O3S. The van der Waals surface area contributed by atoms with Crippen LogP contribution in [-0.2, 0) is 10.0 Å². The molecule has 2 N–H and O–H groups in total. The lowest BCUT2D eigenvalue weighted by molar-refractivity contribution is 0.0922. The van der Waals surface area contributed by atoms with E-state index >= 15 is 0 Å². The van der Waals surface area contributed by atoms with Crippen molar-refractivity contribution in [2.75, 3.05) is 32.7 Å². The summed E-state index contributed by atoms with van der Waals surface area (Å²) in [5.41, 5.74) is 0.500. The number of hydrogen-bond donors (Lipinski definition) is 2. The fraction of sp³-hybridized carbons (Fsp3) is 0.650. The van der Waals surface area contributed by atoms with Gasteiger partial charge in [0.25, 0.3) is 5.91 Å². The van der Waals surface area contributed by atoms with E-state index in [-0.39, 0.29) is 16.2 Å². The predicted molar refractivity (Wildman–Crippen MR) is 106 cm³/mol. The molecule has 1 aromatic rings. The van der Waals surface area contributed by atoms with Crippen LogP contribution in [0.1, 0.15) is 55.8 Å². The van der Waals surface area contributed by atoms with E-state index in [1.165, 1.54) is 6.07 Å². The minimum atomic E-state index is -3.54. The lowest BCUT2D eigenvalue weighted by Crippen LogP contribution is -2.42. The Bertz CT molecular complexity index is 749. The summed E-state index contributed by atoms with van der Waals surface area (Å²) in [6.45, 7) is 5.85. The Kier molecular flexibility index (Phi) is 6.55. The third-order valence-corrected chi connectivity index (χ3v) is 7.68. The molecule has 27 heavy (non-hydrogen) atoms. The van der Waals surface area contributed by atoms with E-state index in [4.69, 9.17) is 0 Å². The number of sulfonamides is 1. The largest absolute Gasteiger partial charge is 0.351 e. The second-order valence-electron chi connectivity index (χ2n) is 8.09. The van der Waals surface area contributed by atoms with Crippen molar-refractivity contribution in [3.8, 4) is 0 Å². The quantitative estimate of drug-likeness (QED) is 0.805. The zero-order chi connectivity index (χ0) is 19.3. The lowest BCUT2D eigenvalue weighted by Gasteiger charge is -2.34. The molecular weight excluding hydrogens is 362 g/mol. The van der Waals surface area contributed by atoms with Gasteiger partial charge < -0.3 is 10.6 Å². The van der Waals surface area contributed by atoms with E-state index in [2.05, 4.69) is 17.6 Å². The van der Waals surface area contributed by atoms with Crippen LogP contribution in [0, 0.1) is 5.41 Å². The smallest absolute Gasteiger partial charge is 0.251 e. The number of carbonyl (C=O) groups is 1. The molecule has 0 unspecified atom stereocenters. The Hall–Kier alpha value is -1.44. The molecule has 0 aromatic heterocycles. The molecule has 150 valence electrons. The molecule has 6 nitrogen and oxygen atoms in total. The van der Waals surface area contributed by atoms with Gasteiger partial charge in [-0.2, -0.15) is 4.31 Å². The Morgan fingerprint density at radius 1 is 1.15 bits per heavy atom. The summed E-state index contributed by atoms with van der Waals surface area (Å²) in [4.78, 5) is 12.8. The van der Waals surface area contributed by atoms with E-state index in [1.807, 2.05) is 0 Å². The summed E-state index contributed by atoms with van der Waals surface area (Å²) in [6, 6.07) is 6.44. The monoisotopic (exact) mass is 393 g/mol. The molecule has 0 bridgehead atoms. The minimum Gasteiger partial charge on any atom is -0.351 e. The fourth-order valence-electron chi connectivity index (χ4n) is 3.83. The molecule has 1 aromatic carbocycles. The van der Waals surface area contributed by atoms with E-state index in [9.17, 15) is 13.2 Å². The van der Waals surface area contributed by atoms with Crippen LogP contribution in [0.25, 0.3) is 0 Å². The van der Waals surface area contributed by atoms with Gasteiger partial charge in [-0.15, -0.1) is 0 Å². The predicted octanol–water partition coefficient (Wildman–Crippen LogP) is 2.37. The zero-order valence-corrected chi connectivity index (χ0v) is 17.0. The van der Waals surface area contributed by atoms with Gasteiger partial charge in [-0.25, -0.2) is 8.42 Å². The number of hydrogen-bond acceptors (Lipinski definition) is 4. The molecule has 2 saturated heterocycles. The minimum absolute atomic E-state index is 0.0939. The zero-order valence-electron chi connectivity index (χ0n) is 16.2. The molecule has 1 amide bonds. The van der Waals surface area contributed by atoms with Gasteiger partial charge in [-0.05, 0) is 62.4 Å². The first-order valence-electron chi connectivity index (χ1n) is 10.00. The van der Waals surface area contributed by atoms with Crippen molar-refractivity contribution in [2.45, 2.75) is 50.3 Å². The SMILES string of the molecule is CC1(CNC(=O)c2cccc(S(=O)(=O)N3CCCCCC3)c2)CCNCC1. The molecule has 0 radical (unpaired) electrons. The molecule has 2 aliphatic rings. The van der Waals surface area contributed by atoms with E-state index in [0.29, 0.717) is 25.2 Å². The summed E-state index contributed by atoms with van der Waals surface area (Å²) in [5.74, 6) is -0.206. The number of piperidine rings is 1. The lowest BCUT2D eigenvalue weighted by atomic mass is 9.81. The van der Waals surface area contributed by atoms with E-state index in [1.54, 1.807) is 22.5 Å². The van der Waals surface area contributed by atoms with Crippen molar-refractivity contribution in [3.05, 3.63) is 29.8 Å². The topological polar surface area (TPSA) is 78.5 Å². The normalized spacial score (nSPS) is 21.4. The highest BCUT2D eigenvalue weighted by Crippen LogP contribution is 2.27. The highest BCUT2D eigenvalue weighted by Gasteiger charge is 2.28. The van der Waals surface area contributed by atoms with Gasteiger partial charge in [-0.1, -0.05) is 25.8 Å². The Labute approximate surface area is 162 Å². The van der Waals surface area contributed by atoms with Crippen molar-refractivity contribution in [1.82, 2.24) is 14.9 Å². The van der Waals surface area contributed by atoms with Crippen LogP contribution in [0.15, 0.2) is 29.2 Å². The molecule has 7 heteroatoms. The van der Waals surface area contributed by atoms with Gasteiger partial charge >= 0.3 is 0 Å². The van der Waals surface area contributed by atoms with Gasteiger partial charge in [0.2, 0.25) is 10.0 Å². The van der Waals surface area contributed by atoms with Gasteiger partial charge in [0.1, 0.15) is 0 Å². The standard InChI is InChI=1S/C20H31N3O3S/c1-20(9-11-21-12-10-20)16-22-19(24)17-7-6-8-18(15-17)27(25,26)23-13-4-2-3-5-14-23/h6-8,15,21H,2-5,9-14,16H2,1H3,(H,22,24). The van der Waals surface area contributed by atoms with Crippen LogP contribution in [0.5, 0.6) is 0 Å². The van der Waals surface area contributed by atoms with E-state index < -0.39 is 10.0 Å². The Balaban J connectivity index is 1.69. The molecule has 0 atom stereocenters. The number of nitrogens with zero attached hydrogens (tertiary/aromatic N) is 1. The number of benzene rings is 1. The van der Waals surface area contributed by atoms with Crippen LogP contribution >= 0.6 is 0 Å². The number of carbonyl (C=O) groups excluding carboxylic acids is 1. The van der Waals surface area contributed by atoms with Crippen LogP contribution in [0.3, 0.4) is 0 Å². The van der Waals surface area contributed by atoms with Gasteiger partial charge in [0, 0.05) is 25.2 Å². The summed E-state index contributed by atoms with van der Waals surface area (Å²) >= 11 is 0. The first-order valence-corrected chi connectivity index (χ1v) is 11.4. The van der Waals surface area contributed by atoms with Crippen LogP contribution in [-0.4, -0.2) is 51.4 Å². The highest BCUT2D eigenvalue weighted by atomic mass is 32.2. The number of amides is 1. The van der Waals surface area contributed by atoms with Crippen LogP contribution in [0.2, 0.25) is 0 Å². The average Bonchev–Trinajstić information content (AvgIpc) is 2.97. The summed E-state index contributed by atoms with van der Waals surface area (Å²) in [7, 11) is -3.54. The molecule has 2 fully saturated rings. The number of rotatable bonds is 5. The summed E-state index contributed by atoms with van der Waals surface area (Å²) < 4.78 is 27.5. The van der Waals surface area contributed by atoms with Crippen molar-refractivity contribution < 1.29 is 13.2 Å². The second-order valence-corrected chi connectivity index (χ2v) is 10.0. The molecule has 2 heterocycles. The summed E-state index contributed by atoms with van der Waals surface area (Å²) in [6.07, 6.45) is 5.98. The van der Waals surface area contributed by atoms with Gasteiger partial charge in [0.05, 0.1) is 4.90 Å². The first kappa shape index (κ1) is 20.3. The molecule has 0 aliphatic carbocycles. The number of nitrogens with one attached hydrogen (secondary N) is 2. The highest BCUT2D eigenvalue weighted by molar-refractivity contribution is 7.89. The molecule has 0 saturated carbocycles. The first-order chi connectivity index (χ1) is 12.9. The third kappa shape index (κ3) is 5.09. The summed E-state index contributed by atoms with van der Waals surface area (Å²) in [5, 5.41) is 6.34. The third-order valence-electron chi connectivity index (χ3n) is 5.79. The van der Waals surface area contributed by atoms with Gasteiger partial charge in [0.15, 0.2) is 0 Å². The van der Waals surface area contributed by atoms with Gasteiger partial charge in [-0.3, -0.25) is 4.79 Å². The van der Waals surface area contributed by atoms with Crippen molar-refractivity contribution in [1.29, 1.82) is 0 Å². The Morgan fingerprint density at radius 3 is 2.48 bits per heavy atom. The molecule has 2 aliphatic heterocycles. The fourth-order valence-corrected chi connectivity index (χ4v) is 5.40. The Morgan fingerprint density at radius 2 is 1.81 bits per heavy atom. The maximum atomic E-state index is 13.0.